The van der Waals surface area contributed by atoms with Crippen LogP contribution in [0.5, 0.6) is 0 Å². The summed E-state index contributed by atoms with van der Waals surface area (Å²) in [6, 6.07) is 4.24. The first-order chi connectivity index (χ1) is 35.7. The van der Waals surface area contributed by atoms with E-state index in [1.165, 1.54) is 12.0 Å². The van der Waals surface area contributed by atoms with E-state index >= 15 is 0 Å². The molecule has 2 saturated heterocycles. The van der Waals surface area contributed by atoms with Crippen LogP contribution < -0.4 is 5.32 Å². The number of ether oxygens (including phenoxy) is 6. The Balaban J connectivity index is 1.42. The Morgan fingerprint density at radius 3 is 2.35 bits per heavy atom. The third-order valence-corrected chi connectivity index (χ3v) is 15.9. The predicted octanol–water partition coefficient (Wildman–Crippen LogP) is 7.51. The Bertz CT molecular complexity index is 2210. The minimum absolute atomic E-state index is 0.00176. The van der Waals surface area contributed by atoms with Crippen LogP contribution >= 0.6 is 0 Å². The molecule has 2 unspecified atom stereocenters. The summed E-state index contributed by atoms with van der Waals surface area (Å²) in [5.74, 6) is -8.36. The van der Waals surface area contributed by atoms with Crippen LogP contribution in [0.15, 0.2) is 72.0 Å². The van der Waals surface area contributed by atoms with E-state index < -0.39 is 102 Å². The molecule has 0 spiro atoms. The van der Waals surface area contributed by atoms with E-state index in [0.717, 1.165) is 5.57 Å². The molecule has 416 valence electrons. The number of methoxy groups -OCH3 is 3. The Morgan fingerprint density at radius 1 is 0.893 bits per heavy atom. The number of aromatic nitrogens is 1. The lowest BCUT2D eigenvalue weighted by Gasteiger charge is -2.42. The first kappa shape index (κ1) is 60.9. The molecular formula is C58H85N3O14. The van der Waals surface area contributed by atoms with E-state index in [-0.39, 0.29) is 49.3 Å². The average molecular weight is 1050 g/mol. The number of nitrogens with zero attached hydrogens (tertiary/aromatic N) is 2. The molecule has 3 N–H and O–H groups in total. The van der Waals surface area contributed by atoms with Gasteiger partial charge in [0, 0.05) is 64.7 Å². The number of carbonyl (C=O) groups excluding carboxylic acids is 6. The normalized spacial score (nSPS) is 36.4. The van der Waals surface area contributed by atoms with Crippen LogP contribution in [0.25, 0.3) is 0 Å². The number of aliphatic hydroxyl groups is 2. The van der Waals surface area contributed by atoms with Crippen molar-refractivity contribution in [1.29, 1.82) is 0 Å². The maximum Gasteiger partial charge on any atom is 0.407 e. The smallest absolute Gasteiger partial charge is 0.407 e. The number of piperidine rings is 1. The summed E-state index contributed by atoms with van der Waals surface area (Å²) < 4.78 is 35.6. The summed E-state index contributed by atoms with van der Waals surface area (Å²) in [4.78, 5) is 89.7. The highest BCUT2D eigenvalue weighted by Gasteiger charge is 2.53. The molecule has 1 aromatic rings. The second-order valence-electron chi connectivity index (χ2n) is 21.6. The number of ketones is 3. The molecule has 0 aromatic carbocycles. The Labute approximate surface area is 444 Å². The number of pyridine rings is 1. The molecule has 1 aromatic heterocycles. The third kappa shape index (κ3) is 16.8. The maximum atomic E-state index is 14.6. The molecule has 75 heavy (non-hydrogen) atoms. The summed E-state index contributed by atoms with van der Waals surface area (Å²) in [5, 5.41) is 26.3. The van der Waals surface area contributed by atoms with Gasteiger partial charge in [0.05, 0.1) is 30.6 Å². The predicted molar refractivity (Wildman–Crippen MR) is 280 cm³/mol. The van der Waals surface area contributed by atoms with Crippen LogP contribution in [0.3, 0.4) is 0 Å². The fourth-order valence-corrected chi connectivity index (χ4v) is 11.1. The number of Topliss-reactive ketones (excluding diaryl/α,β-unsaturated/α-hetero) is 3. The van der Waals surface area contributed by atoms with E-state index in [2.05, 4.69) is 10.3 Å². The first-order valence-corrected chi connectivity index (χ1v) is 27.0. The summed E-state index contributed by atoms with van der Waals surface area (Å²) in [7, 11) is 4.51. The second-order valence-corrected chi connectivity index (χ2v) is 21.6. The number of cyclic esters (lactones) is 1. The minimum Gasteiger partial charge on any atom is -0.460 e. The Kier molecular flexibility index (Phi) is 23.6. The molecule has 17 heteroatoms. The van der Waals surface area contributed by atoms with Gasteiger partial charge in [-0.15, -0.1) is 0 Å². The van der Waals surface area contributed by atoms with Crippen molar-refractivity contribution in [2.75, 3.05) is 27.9 Å². The second kappa shape index (κ2) is 29.0. The molecule has 2 amide bonds. The fraction of sp³-hybridized carbons (Fsp3) is 0.672. The Hall–Kier alpha value is -4.91. The van der Waals surface area contributed by atoms with E-state index in [1.807, 2.05) is 64.1 Å². The number of carbonyl (C=O) groups is 6. The number of esters is 1. The van der Waals surface area contributed by atoms with Crippen molar-refractivity contribution < 1.29 is 67.4 Å². The highest BCUT2D eigenvalue weighted by atomic mass is 16.6. The summed E-state index contributed by atoms with van der Waals surface area (Å²) in [6.07, 6.45) is 11.6. The molecule has 0 radical (unpaired) electrons. The third-order valence-electron chi connectivity index (χ3n) is 15.9. The summed E-state index contributed by atoms with van der Waals surface area (Å²) in [6.45, 7) is 12.9. The quantitative estimate of drug-likeness (QED) is 0.124. The molecule has 1 saturated carbocycles. The van der Waals surface area contributed by atoms with Crippen LogP contribution in [0.4, 0.5) is 4.79 Å². The minimum atomic E-state index is -2.46. The van der Waals surface area contributed by atoms with Gasteiger partial charge < -0.3 is 48.9 Å². The van der Waals surface area contributed by atoms with Crippen molar-refractivity contribution in [2.24, 2.45) is 35.5 Å². The average Bonchev–Trinajstić information content (AvgIpc) is 3.40. The molecule has 15 atom stereocenters. The van der Waals surface area contributed by atoms with Gasteiger partial charge in [-0.1, -0.05) is 77.1 Å². The largest absolute Gasteiger partial charge is 0.460 e. The molecule has 1 aliphatic carbocycles. The van der Waals surface area contributed by atoms with Gasteiger partial charge in [0.25, 0.3) is 11.7 Å². The zero-order valence-corrected chi connectivity index (χ0v) is 45.9. The van der Waals surface area contributed by atoms with Gasteiger partial charge in [0.2, 0.25) is 5.79 Å². The number of hydrogen-bond donors (Lipinski definition) is 3. The van der Waals surface area contributed by atoms with Gasteiger partial charge >= 0.3 is 12.1 Å². The molecule has 2 bridgehead atoms. The van der Waals surface area contributed by atoms with Crippen LogP contribution in [-0.2, 0) is 58.9 Å². The topological polar surface area (TPSA) is 226 Å². The van der Waals surface area contributed by atoms with Crippen molar-refractivity contribution in [3.63, 3.8) is 0 Å². The maximum absolute atomic E-state index is 14.6. The van der Waals surface area contributed by atoms with Gasteiger partial charge in [-0.25, -0.2) is 9.59 Å². The van der Waals surface area contributed by atoms with Crippen LogP contribution in [0, 0.1) is 35.5 Å². The number of fused-ring (bicyclic) bond motifs is 3. The number of hydrogen-bond acceptors (Lipinski definition) is 15. The van der Waals surface area contributed by atoms with Crippen molar-refractivity contribution in [2.45, 2.75) is 187 Å². The summed E-state index contributed by atoms with van der Waals surface area (Å²) in [5.41, 5.74) is 1.92. The lowest BCUT2D eigenvalue weighted by Crippen LogP contribution is -2.61. The molecule has 17 nitrogen and oxygen atoms in total. The van der Waals surface area contributed by atoms with Gasteiger partial charge in [-0.2, -0.15) is 0 Å². The van der Waals surface area contributed by atoms with E-state index in [1.54, 1.807) is 59.4 Å². The highest BCUT2D eigenvalue weighted by Crippen LogP contribution is 2.38. The van der Waals surface area contributed by atoms with Crippen LogP contribution in [0.1, 0.15) is 131 Å². The van der Waals surface area contributed by atoms with Crippen molar-refractivity contribution in [3.05, 3.63) is 77.7 Å². The molecule has 3 fully saturated rings. The van der Waals surface area contributed by atoms with Crippen LogP contribution in [0.2, 0.25) is 0 Å². The molecule has 5 rings (SSSR count). The van der Waals surface area contributed by atoms with Gasteiger partial charge in [0.1, 0.15) is 36.2 Å². The molecule has 4 heterocycles. The highest BCUT2D eigenvalue weighted by molar-refractivity contribution is 6.39. The van der Waals surface area contributed by atoms with Crippen molar-refractivity contribution in [1.82, 2.24) is 15.2 Å². The molecular weight excluding hydrogens is 963 g/mol. The Morgan fingerprint density at radius 2 is 1.65 bits per heavy atom. The van der Waals surface area contributed by atoms with Crippen molar-refractivity contribution >= 4 is 35.3 Å². The SMILES string of the molecule is COC1C[C@@H]2CC[C@@H](C)[C@@](O)(O2)C(=O)C(=O)N2CCCC[C@H]2C(=O)O[C@H]([C@H](C)C[C@@H]2CC[C@@H](OC(=O)NCc3ccccn3)[C@H](OC)C2)CC(=O)[C@H](C)/C=C(\C)[C@@H](O)C(OC)C(=O)[C@H](C)C[C@H](C)/C=C/C=C/C=C/1C. The number of allylic oxidation sites excluding steroid dienone is 6. The van der Waals surface area contributed by atoms with E-state index in [4.69, 9.17) is 28.4 Å². The standard InChI is InChI=1S/C58H85N3O14/c1-35-18-12-11-13-19-36(2)48(70-8)32-44-24-22-41(7)58(69,75-44)54(65)55(66)61-27-17-15-21-45(61)56(67)73-49(33-46(62)37(3)29-40(6)52(64)53(72-10)51(63)39(5)28-35)38(4)30-42-23-25-47(50(31-42)71-9)74-57(68)60-34-43-20-14-16-26-59-43/h11-14,16,18-20,26,29,35,37-39,41-42,44-45,47-50,52-53,64,69H,15,17,21-25,27-28,30-34H2,1-10H3,(H,60,68)/b13-11+,18-12+,36-19+,40-29+/t35-,37-,38-,39-,41-,42+,44+,45+,47-,48?,49+,50-,52-,53?,58-/m1/s1. The van der Waals surface area contributed by atoms with Gasteiger partial charge in [-0.05, 0) is 119 Å². The van der Waals surface area contributed by atoms with Crippen molar-refractivity contribution in [3.8, 4) is 0 Å². The van der Waals surface area contributed by atoms with Crippen LogP contribution in [-0.4, -0.2) is 138 Å². The lowest BCUT2D eigenvalue weighted by molar-refractivity contribution is -0.265. The van der Waals surface area contributed by atoms with Gasteiger partial charge in [0.15, 0.2) is 5.78 Å². The molecule has 3 aliphatic heterocycles. The summed E-state index contributed by atoms with van der Waals surface area (Å²) >= 11 is 0. The van der Waals surface area contributed by atoms with E-state index in [9.17, 15) is 39.0 Å². The number of amides is 2. The number of rotatable bonds is 9. The first-order valence-electron chi connectivity index (χ1n) is 27.0. The monoisotopic (exact) mass is 1050 g/mol. The zero-order chi connectivity index (χ0) is 55.0. The van der Waals surface area contributed by atoms with Gasteiger partial charge in [-0.3, -0.25) is 24.2 Å². The molecule has 4 aliphatic rings. The lowest BCUT2D eigenvalue weighted by atomic mass is 9.78. The zero-order valence-electron chi connectivity index (χ0n) is 45.9. The fourth-order valence-electron chi connectivity index (χ4n) is 11.1. The number of alkyl carbamates (subject to hydrolysis) is 1. The number of nitrogens with one attached hydrogen (secondary N) is 1. The number of aliphatic hydroxyl groups excluding tert-OH is 1. The van der Waals surface area contributed by atoms with E-state index in [0.29, 0.717) is 75.5 Å².